The van der Waals surface area contributed by atoms with Crippen molar-refractivity contribution in [1.82, 2.24) is 0 Å². The quantitative estimate of drug-likeness (QED) is 0.413. The van der Waals surface area contributed by atoms with Crippen LogP contribution < -0.4 is 9.47 Å². The zero-order valence-corrected chi connectivity index (χ0v) is 19.9. The highest BCUT2D eigenvalue weighted by Crippen LogP contribution is 2.54. The lowest BCUT2D eigenvalue weighted by Gasteiger charge is -2.22. The maximum atomic E-state index is 13.3. The monoisotopic (exact) mass is 462 g/mol. The molecule has 1 aromatic carbocycles. The zero-order chi connectivity index (χ0) is 23.8. The summed E-state index contributed by atoms with van der Waals surface area (Å²) >= 11 is 0. The smallest absolute Gasteiger partial charge is 0.342 e. The Hall–Kier alpha value is -2.13. The fourth-order valence-corrected chi connectivity index (χ4v) is 4.81. The van der Waals surface area contributed by atoms with Crippen molar-refractivity contribution < 1.29 is 38.3 Å². The summed E-state index contributed by atoms with van der Waals surface area (Å²) in [5.41, 5.74) is 1.25. The Balaban J connectivity index is 1.71. The molecular formula is C25H34O8. The molecule has 0 spiro atoms. The van der Waals surface area contributed by atoms with Gasteiger partial charge in [0.05, 0.1) is 13.2 Å². The number of aliphatic hydroxyl groups excluding tert-OH is 1. The minimum Gasteiger partial charge on any atom is -0.497 e. The van der Waals surface area contributed by atoms with E-state index in [1.54, 1.807) is 19.3 Å². The molecule has 0 bridgehead atoms. The number of fused-ring (bicyclic) bond motifs is 4. The number of esters is 1. The molecule has 0 amide bonds. The molecule has 1 saturated heterocycles. The maximum absolute atomic E-state index is 13.3. The van der Waals surface area contributed by atoms with Crippen molar-refractivity contribution >= 4 is 5.97 Å². The summed E-state index contributed by atoms with van der Waals surface area (Å²) in [7, 11) is 3.11. The van der Waals surface area contributed by atoms with Gasteiger partial charge in [0.25, 0.3) is 0 Å². The van der Waals surface area contributed by atoms with Crippen LogP contribution in [0.4, 0.5) is 0 Å². The van der Waals surface area contributed by atoms with Crippen molar-refractivity contribution in [3.63, 3.8) is 0 Å². The van der Waals surface area contributed by atoms with Crippen LogP contribution >= 0.6 is 0 Å². The van der Waals surface area contributed by atoms with Crippen LogP contribution in [0.5, 0.6) is 11.5 Å². The average molecular weight is 463 g/mol. The van der Waals surface area contributed by atoms with Crippen LogP contribution in [0.15, 0.2) is 24.3 Å². The van der Waals surface area contributed by atoms with Crippen LogP contribution in [0, 0.1) is 5.92 Å². The van der Waals surface area contributed by atoms with E-state index in [9.17, 15) is 9.90 Å². The van der Waals surface area contributed by atoms with E-state index < -0.39 is 30.1 Å². The Morgan fingerprint density at radius 3 is 2.70 bits per heavy atom. The number of carbonyl (C=O) groups excluding carboxylic acids is 1. The Morgan fingerprint density at radius 2 is 1.97 bits per heavy atom. The fourth-order valence-electron chi connectivity index (χ4n) is 4.81. The van der Waals surface area contributed by atoms with Crippen molar-refractivity contribution in [3.8, 4) is 11.5 Å². The second-order valence-corrected chi connectivity index (χ2v) is 9.49. The molecule has 8 heteroatoms. The first-order chi connectivity index (χ1) is 15.7. The molecule has 1 saturated carbocycles. The highest BCUT2D eigenvalue weighted by atomic mass is 16.8. The van der Waals surface area contributed by atoms with Gasteiger partial charge in [-0.15, -0.1) is 0 Å². The Morgan fingerprint density at radius 1 is 1.18 bits per heavy atom. The lowest BCUT2D eigenvalue weighted by Crippen LogP contribution is -2.34. The van der Waals surface area contributed by atoms with Gasteiger partial charge in [0.1, 0.15) is 35.4 Å². The summed E-state index contributed by atoms with van der Waals surface area (Å²) in [5, 5.41) is 10.8. The Bertz CT molecular complexity index is 895. The van der Waals surface area contributed by atoms with E-state index in [1.807, 2.05) is 32.9 Å². The van der Waals surface area contributed by atoms with E-state index in [0.717, 1.165) is 12.0 Å². The first-order valence-electron chi connectivity index (χ1n) is 11.5. The largest absolute Gasteiger partial charge is 0.497 e. The molecule has 1 N–H and O–H groups in total. The van der Waals surface area contributed by atoms with E-state index in [4.69, 9.17) is 28.4 Å². The van der Waals surface area contributed by atoms with Crippen molar-refractivity contribution in [1.29, 1.82) is 0 Å². The summed E-state index contributed by atoms with van der Waals surface area (Å²) in [6.45, 7) is 5.55. The predicted octanol–water partition coefficient (Wildman–Crippen LogP) is 3.56. The van der Waals surface area contributed by atoms with Crippen molar-refractivity contribution in [2.24, 2.45) is 5.92 Å². The summed E-state index contributed by atoms with van der Waals surface area (Å²) in [6, 6.07) is 3.58. The molecule has 2 aliphatic heterocycles. The number of hydrogen-bond acceptors (Lipinski definition) is 8. The molecule has 0 radical (unpaired) electrons. The van der Waals surface area contributed by atoms with Crippen LogP contribution in [-0.2, 0) is 18.9 Å². The molecule has 3 unspecified atom stereocenters. The van der Waals surface area contributed by atoms with E-state index in [1.165, 1.54) is 7.11 Å². The van der Waals surface area contributed by atoms with Gasteiger partial charge >= 0.3 is 5.97 Å². The predicted molar refractivity (Wildman–Crippen MR) is 119 cm³/mol. The summed E-state index contributed by atoms with van der Waals surface area (Å²) in [4.78, 5) is 13.3. The number of rotatable bonds is 4. The highest BCUT2D eigenvalue weighted by Gasteiger charge is 2.50. The van der Waals surface area contributed by atoms with Crippen LogP contribution in [-0.4, -0.2) is 62.3 Å². The molecule has 0 aromatic heterocycles. The molecule has 1 aliphatic carbocycles. The third-order valence-corrected chi connectivity index (χ3v) is 6.40. The van der Waals surface area contributed by atoms with E-state index in [2.05, 4.69) is 0 Å². The van der Waals surface area contributed by atoms with E-state index in [0.29, 0.717) is 29.9 Å². The maximum Gasteiger partial charge on any atom is 0.342 e. The second-order valence-electron chi connectivity index (χ2n) is 9.49. The van der Waals surface area contributed by atoms with Crippen LogP contribution in [0.25, 0.3) is 0 Å². The zero-order valence-electron chi connectivity index (χ0n) is 19.9. The number of cyclic esters (lactones) is 1. The van der Waals surface area contributed by atoms with Gasteiger partial charge in [0, 0.05) is 19.6 Å². The fraction of sp³-hybridized carbons (Fsp3) is 0.640. The standard InChI is InChI=1S/C25H34O8/c1-14-7-6-8-19(26)23-21(32-25(2,3)33-23)10-15-9-17(15)18-11-16(29-5)12-20(30-13-28-4)22(18)24(27)31-14/h6,8,11-12,14-15,17,19,21,23,26H,7,9-10,13H2,1-5H3/b8-6-/t14-,15?,17?,19?,21-,23+/m0/s1. The van der Waals surface area contributed by atoms with Crippen LogP contribution in [0.3, 0.4) is 0 Å². The molecule has 1 aromatic rings. The first-order valence-corrected chi connectivity index (χ1v) is 11.5. The van der Waals surface area contributed by atoms with E-state index in [-0.39, 0.29) is 24.7 Å². The number of aliphatic hydroxyl groups is 1. The molecule has 8 nitrogen and oxygen atoms in total. The molecule has 33 heavy (non-hydrogen) atoms. The second kappa shape index (κ2) is 9.62. The van der Waals surface area contributed by atoms with Gasteiger partial charge in [0.15, 0.2) is 12.6 Å². The Labute approximate surface area is 194 Å². The van der Waals surface area contributed by atoms with Crippen molar-refractivity contribution in [2.45, 2.75) is 76.2 Å². The van der Waals surface area contributed by atoms with Gasteiger partial charge in [-0.1, -0.05) is 12.2 Å². The third-order valence-electron chi connectivity index (χ3n) is 6.40. The van der Waals surface area contributed by atoms with Crippen molar-refractivity contribution in [2.75, 3.05) is 21.0 Å². The summed E-state index contributed by atoms with van der Waals surface area (Å²) in [6.07, 6.45) is 3.66. The minimum absolute atomic E-state index is 0.00117. The average Bonchev–Trinajstić information content (AvgIpc) is 3.45. The normalized spacial score (nSPS) is 34.2. The minimum atomic E-state index is -0.804. The van der Waals surface area contributed by atoms with E-state index >= 15 is 0 Å². The third kappa shape index (κ3) is 5.35. The number of carbonyl (C=O) groups is 1. The highest BCUT2D eigenvalue weighted by molar-refractivity contribution is 5.95. The molecule has 2 heterocycles. The van der Waals surface area contributed by atoms with Crippen LogP contribution in [0.1, 0.15) is 61.9 Å². The molecular weight excluding hydrogens is 428 g/mol. The Kier molecular flexibility index (Phi) is 7.00. The summed E-state index contributed by atoms with van der Waals surface area (Å²) in [5.74, 6) is 0.156. The molecule has 3 aliphatic rings. The molecule has 2 fully saturated rings. The topological polar surface area (TPSA) is 92.7 Å². The number of hydrogen-bond donors (Lipinski definition) is 1. The SMILES string of the molecule is COCOc1cc(OC)cc2c1C(=O)O[C@@H](C)C/C=C\C(O)[C@H]1OC(C)(C)O[C@H]1CC1CC21. The van der Waals surface area contributed by atoms with Gasteiger partial charge in [-0.3, -0.25) is 0 Å². The lowest BCUT2D eigenvalue weighted by atomic mass is 9.96. The van der Waals surface area contributed by atoms with Crippen molar-refractivity contribution in [3.05, 3.63) is 35.4 Å². The number of methoxy groups -OCH3 is 2. The first kappa shape index (κ1) is 24.0. The van der Waals surface area contributed by atoms with Gasteiger partial charge in [-0.25, -0.2) is 4.79 Å². The van der Waals surface area contributed by atoms with Crippen LogP contribution in [0.2, 0.25) is 0 Å². The molecule has 182 valence electrons. The molecule has 6 atom stereocenters. The molecule has 4 rings (SSSR count). The van der Waals surface area contributed by atoms with Gasteiger partial charge in [-0.05, 0) is 57.1 Å². The van der Waals surface area contributed by atoms with Gasteiger partial charge in [-0.2, -0.15) is 0 Å². The van der Waals surface area contributed by atoms with Gasteiger partial charge in [0.2, 0.25) is 0 Å². The summed E-state index contributed by atoms with van der Waals surface area (Å²) < 4.78 is 34.3. The number of ether oxygens (including phenoxy) is 6. The lowest BCUT2D eigenvalue weighted by molar-refractivity contribution is -0.153. The van der Waals surface area contributed by atoms with Gasteiger partial charge < -0.3 is 33.5 Å². The number of benzene rings is 1.